The predicted molar refractivity (Wildman–Crippen MR) is 253 cm³/mol. The van der Waals surface area contributed by atoms with E-state index in [-0.39, 0.29) is 0 Å². The Kier molecular flexibility index (Phi) is 13.7. The Morgan fingerprint density at radius 1 is 0.404 bits per heavy atom. The molecule has 292 valence electrons. The quantitative estimate of drug-likeness (QED) is 0.0637. The Morgan fingerprint density at radius 3 is 1.25 bits per heavy atom. The van der Waals surface area contributed by atoms with Crippen LogP contribution < -0.4 is 41.3 Å². The number of ether oxygens (including phenoxy) is 2. The molecule has 0 amide bonds. The van der Waals surface area contributed by atoms with Gasteiger partial charge in [0.25, 0.3) is 0 Å². The summed E-state index contributed by atoms with van der Waals surface area (Å²) in [6.07, 6.45) is 8.24. The molecule has 0 saturated heterocycles. The molecule has 0 spiro atoms. The zero-order chi connectivity index (χ0) is 39.3. The van der Waals surface area contributed by atoms with Crippen molar-refractivity contribution in [1.29, 1.82) is 0 Å². The Bertz CT molecular complexity index is 2100. The molecule has 0 aliphatic carbocycles. The zero-order valence-corrected chi connectivity index (χ0v) is 35.8. The standard InChI is InChI=1S/C53H58O2P2/c1-43(24-11-4-5-22-37-56(48-26-12-6-13-27-48,49-28-14-7-15-29-49)50-30-16-8-17-31-50)45-25-23-36-53(40-45)57(51-32-18-9-19-33-51,52-34-20-10-21-35-52)42-44-38-46(54-2)41-47(39-44)55-3/h6-10,12-21,23,25-36,38-41,43,56-57H,4-5,11,22,24,37,42H2,1-3H3. The molecule has 0 aliphatic heterocycles. The molecule has 0 aromatic heterocycles. The molecule has 0 N–H and O–H groups in total. The van der Waals surface area contributed by atoms with Crippen LogP contribution in [0.5, 0.6) is 11.5 Å². The van der Waals surface area contributed by atoms with E-state index >= 15 is 0 Å². The van der Waals surface area contributed by atoms with Crippen molar-refractivity contribution in [3.05, 3.63) is 205 Å². The van der Waals surface area contributed by atoms with Crippen LogP contribution in [0.3, 0.4) is 0 Å². The summed E-state index contributed by atoms with van der Waals surface area (Å²) in [5.41, 5.74) is 2.66. The van der Waals surface area contributed by atoms with Gasteiger partial charge in [-0.15, -0.1) is 0 Å². The number of hydrogen-bond donors (Lipinski definition) is 0. The molecular formula is C53H58O2P2. The third kappa shape index (κ3) is 9.10. The maximum atomic E-state index is 5.76. The summed E-state index contributed by atoms with van der Waals surface area (Å²) >= 11 is 0. The number of benzene rings is 7. The van der Waals surface area contributed by atoms with Gasteiger partial charge in [-0.05, 0) is 0 Å². The van der Waals surface area contributed by atoms with Crippen molar-refractivity contribution in [1.82, 2.24) is 0 Å². The predicted octanol–water partition coefficient (Wildman–Crippen LogP) is 10.7. The molecule has 57 heavy (non-hydrogen) atoms. The minimum atomic E-state index is -2.57. The van der Waals surface area contributed by atoms with Crippen molar-refractivity contribution in [3.63, 3.8) is 0 Å². The molecule has 0 heterocycles. The van der Waals surface area contributed by atoms with Crippen LogP contribution in [0.2, 0.25) is 0 Å². The van der Waals surface area contributed by atoms with Crippen LogP contribution in [0.25, 0.3) is 0 Å². The van der Waals surface area contributed by atoms with Crippen LogP contribution in [0.4, 0.5) is 0 Å². The van der Waals surface area contributed by atoms with Crippen molar-refractivity contribution in [3.8, 4) is 11.5 Å². The van der Waals surface area contributed by atoms with E-state index in [0.717, 1.165) is 17.7 Å². The first-order chi connectivity index (χ1) is 28.1. The number of hydrogen-bond acceptors (Lipinski definition) is 2. The van der Waals surface area contributed by atoms with Crippen molar-refractivity contribution in [2.24, 2.45) is 0 Å². The second-order valence-corrected chi connectivity index (χ2v) is 23.5. The first-order valence-corrected chi connectivity index (χ1v) is 25.1. The van der Waals surface area contributed by atoms with Gasteiger partial charge in [0.1, 0.15) is 0 Å². The summed E-state index contributed by atoms with van der Waals surface area (Å²) in [5.74, 6) is 2.11. The van der Waals surface area contributed by atoms with Crippen molar-refractivity contribution in [2.45, 2.75) is 51.1 Å². The summed E-state index contributed by atoms with van der Waals surface area (Å²) in [6.45, 7) is 2.43. The Labute approximate surface area is 342 Å². The maximum absolute atomic E-state index is 5.76. The van der Waals surface area contributed by atoms with Gasteiger partial charge < -0.3 is 0 Å². The van der Waals surface area contributed by atoms with Crippen molar-refractivity contribution in [2.75, 3.05) is 20.4 Å². The van der Waals surface area contributed by atoms with E-state index in [9.17, 15) is 0 Å². The molecule has 7 rings (SSSR count). The van der Waals surface area contributed by atoms with E-state index in [0.29, 0.717) is 5.92 Å². The van der Waals surface area contributed by atoms with Crippen LogP contribution in [-0.2, 0) is 6.16 Å². The van der Waals surface area contributed by atoms with Crippen LogP contribution in [0.1, 0.15) is 56.1 Å². The molecule has 0 radical (unpaired) electrons. The molecule has 1 unspecified atom stereocenters. The fraction of sp³-hybridized carbons (Fsp3) is 0.208. The molecule has 2 nitrogen and oxygen atoms in total. The minimum absolute atomic E-state index is 0.464. The van der Waals surface area contributed by atoms with Crippen molar-refractivity contribution < 1.29 is 9.47 Å². The summed E-state index contributed by atoms with van der Waals surface area (Å²) in [7, 11) is -1.29. The van der Waals surface area contributed by atoms with E-state index < -0.39 is 14.5 Å². The summed E-state index contributed by atoms with van der Waals surface area (Å²) < 4.78 is 11.5. The van der Waals surface area contributed by atoms with E-state index in [4.69, 9.17) is 9.47 Å². The summed E-state index contributed by atoms with van der Waals surface area (Å²) in [5, 5.41) is 8.77. The molecule has 1 atom stereocenters. The Balaban J connectivity index is 1.11. The normalized spacial score (nSPS) is 12.8. The van der Waals surface area contributed by atoms with Gasteiger partial charge in [0, 0.05) is 0 Å². The van der Waals surface area contributed by atoms with E-state index in [2.05, 4.69) is 195 Å². The van der Waals surface area contributed by atoms with Crippen LogP contribution in [-0.4, -0.2) is 20.4 Å². The molecule has 0 saturated carbocycles. The molecule has 0 bridgehead atoms. The fourth-order valence-corrected chi connectivity index (χ4v) is 18.8. The fourth-order valence-electron chi connectivity index (χ4n) is 9.10. The van der Waals surface area contributed by atoms with Crippen molar-refractivity contribution >= 4 is 46.4 Å². The molecule has 7 aromatic carbocycles. The van der Waals surface area contributed by atoms with Crippen LogP contribution in [0, 0.1) is 0 Å². The zero-order valence-electron chi connectivity index (χ0n) is 33.8. The number of unbranched alkanes of at least 4 members (excludes halogenated alkanes) is 3. The molecule has 4 heteroatoms. The van der Waals surface area contributed by atoms with Crippen LogP contribution in [0.15, 0.2) is 194 Å². The number of rotatable bonds is 18. The monoisotopic (exact) mass is 788 g/mol. The van der Waals surface area contributed by atoms with Gasteiger partial charge in [0.15, 0.2) is 0 Å². The van der Waals surface area contributed by atoms with Gasteiger partial charge in [-0.3, -0.25) is 0 Å². The average molecular weight is 789 g/mol. The van der Waals surface area contributed by atoms with E-state index in [1.54, 1.807) is 14.2 Å². The second kappa shape index (κ2) is 19.4. The van der Waals surface area contributed by atoms with Gasteiger partial charge >= 0.3 is 344 Å². The summed E-state index contributed by atoms with van der Waals surface area (Å²) in [4.78, 5) is 0. The number of methoxy groups -OCH3 is 2. The molecular weight excluding hydrogens is 731 g/mol. The van der Waals surface area contributed by atoms with Gasteiger partial charge in [0.2, 0.25) is 0 Å². The first-order valence-electron chi connectivity index (χ1n) is 20.7. The Morgan fingerprint density at radius 2 is 0.807 bits per heavy atom. The average Bonchev–Trinajstić information content (AvgIpc) is 3.29. The third-order valence-corrected chi connectivity index (χ3v) is 22.0. The molecule has 0 aliphatic rings. The summed E-state index contributed by atoms with van der Waals surface area (Å²) in [6, 6.07) is 72.5. The Hall–Kier alpha value is -5.00. The van der Waals surface area contributed by atoms with Crippen LogP contribution >= 0.6 is 14.5 Å². The molecule has 0 fully saturated rings. The van der Waals surface area contributed by atoms with Gasteiger partial charge in [-0.1, -0.05) is 0 Å². The topological polar surface area (TPSA) is 18.5 Å². The van der Waals surface area contributed by atoms with Gasteiger partial charge in [-0.25, -0.2) is 0 Å². The van der Waals surface area contributed by atoms with E-state index in [1.807, 2.05) is 6.07 Å². The first kappa shape index (κ1) is 40.2. The van der Waals surface area contributed by atoms with E-state index in [1.165, 1.54) is 81.2 Å². The third-order valence-electron chi connectivity index (χ3n) is 12.1. The molecule has 7 aromatic rings. The SMILES string of the molecule is COc1cc(C[PH](c2ccccc2)(c2ccccc2)c2cccc(C(C)CCCCCC[PH](c3ccccc3)(c3ccccc3)c3ccccc3)c2)cc(OC)c1. The van der Waals surface area contributed by atoms with Gasteiger partial charge in [-0.2, -0.15) is 0 Å². The second-order valence-electron chi connectivity index (χ2n) is 15.5. The van der Waals surface area contributed by atoms with Gasteiger partial charge in [0.05, 0.1) is 0 Å².